The minimum atomic E-state index is -0.551. The molecular weight excluding hydrogens is 330 g/mol. The maximum absolute atomic E-state index is 12.4. The Labute approximate surface area is 150 Å². The number of anilines is 1. The summed E-state index contributed by atoms with van der Waals surface area (Å²) in [6.07, 6.45) is 1.43. The van der Waals surface area contributed by atoms with Crippen LogP contribution in [0.15, 0.2) is 66.9 Å². The third-order valence-electron chi connectivity index (χ3n) is 3.73. The first-order chi connectivity index (χ1) is 12.5. The summed E-state index contributed by atoms with van der Waals surface area (Å²) >= 11 is 0. The van der Waals surface area contributed by atoms with Crippen LogP contribution < -0.4 is 15.8 Å². The van der Waals surface area contributed by atoms with Gasteiger partial charge in [-0.1, -0.05) is 24.3 Å². The molecule has 3 aromatic rings. The summed E-state index contributed by atoms with van der Waals surface area (Å²) < 4.78 is 5.60. The van der Waals surface area contributed by atoms with Crippen molar-refractivity contribution in [2.45, 2.75) is 6.92 Å². The van der Waals surface area contributed by atoms with Crippen LogP contribution in [0.25, 0.3) is 0 Å². The summed E-state index contributed by atoms with van der Waals surface area (Å²) in [6.45, 7) is 1.83. The third kappa shape index (κ3) is 4.05. The molecule has 0 radical (unpaired) electrons. The topological polar surface area (TPSA) is 94.3 Å². The molecule has 6 nitrogen and oxygen atoms in total. The van der Waals surface area contributed by atoms with Crippen molar-refractivity contribution in [2.24, 2.45) is 5.73 Å². The molecule has 0 atom stereocenters. The summed E-state index contributed by atoms with van der Waals surface area (Å²) in [5, 5.41) is 2.76. The second-order valence-electron chi connectivity index (χ2n) is 5.65. The molecule has 0 fully saturated rings. The van der Waals surface area contributed by atoms with Crippen LogP contribution in [0.4, 0.5) is 5.69 Å². The lowest BCUT2D eigenvalue weighted by Crippen LogP contribution is -2.15. The molecular formula is C20H17N3O3. The molecule has 2 amide bonds. The Hall–Kier alpha value is -3.67. The van der Waals surface area contributed by atoms with Gasteiger partial charge in [0.05, 0.1) is 5.56 Å². The van der Waals surface area contributed by atoms with Crippen LogP contribution in [0.3, 0.4) is 0 Å². The molecule has 0 saturated carbocycles. The number of hydrogen-bond donors (Lipinski definition) is 2. The van der Waals surface area contributed by atoms with Gasteiger partial charge in [0.2, 0.25) is 11.8 Å². The molecule has 1 aromatic heterocycles. The lowest BCUT2D eigenvalue weighted by atomic mass is 10.1. The number of nitrogens with two attached hydrogens (primary N) is 1. The van der Waals surface area contributed by atoms with E-state index < -0.39 is 5.91 Å². The van der Waals surface area contributed by atoms with Crippen molar-refractivity contribution in [3.63, 3.8) is 0 Å². The van der Waals surface area contributed by atoms with Crippen molar-refractivity contribution in [1.29, 1.82) is 0 Å². The van der Waals surface area contributed by atoms with Crippen LogP contribution in [0.5, 0.6) is 11.6 Å². The molecule has 3 rings (SSSR count). The zero-order valence-corrected chi connectivity index (χ0v) is 14.1. The van der Waals surface area contributed by atoms with Gasteiger partial charge in [0, 0.05) is 23.5 Å². The second kappa shape index (κ2) is 7.48. The standard InChI is InChI=1S/C20H17N3O3/c1-13-7-8-14(19(21)24)11-17(13)23-20(25)15-9-10-18(22-12-15)26-16-5-3-2-4-6-16/h2-12H,1H3,(H2,21,24)(H,23,25). The number of aryl methyl sites for hydroxylation is 1. The van der Waals surface area contributed by atoms with Crippen molar-refractivity contribution in [3.8, 4) is 11.6 Å². The normalized spacial score (nSPS) is 10.2. The highest BCUT2D eigenvalue weighted by Gasteiger charge is 2.11. The van der Waals surface area contributed by atoms with Crippen molar-refractivity contribution in [1.82, 2.24) is 4.98 Å². The highest BCUT2D eigenvalue weighted by molar-refractivity contribution is 6.05. The van der Waals surface area contributed by atoms with E-state index in [-0.39, 0.29) is 5.91 Å². The highest BCUT2D eigenvalue weighted by Crippen LogP contribution is 2.20. The third-order valence-corrected chi connectivity index (χ3v) is 3.73. The number of primary amides is 1. The number of carbonyl (C=O) groups is 2. The fraction of sp³-hybridized carbons (Fsp3) is 0.0500. The second-order valence-corrected chi connectivity index (χ2v) is 5.65. The predicted octanol–water partition coefficient (Wildman–Crippen LogP) is 3.53. The molecule has 0 saturated heterocycles. The van der Waals surface area contributed by atoms with Gasteiger partial charge in [0.1, 0.15) is 5.75 Å². The highest BCUT2D eigenvalue weighted by atomic mass is 16.5. The minimum absolute atomic E-state index is 0.329. The van der Waals surface area contributed by atoms with Crippen molar-refractivity contribution < 1.29 is 14.3 Å². The molecule has 130 valence electrons. The van der Waals surface area contributed by atoms with Crippen molar-refractivity contribution in [2.75, 3.05) is 5.32 Å². The molecule has 6 heteroatoms. The molecule has 3 N–H and O–H groups in total. The Balaban J connectivity index is 1.72. The van der Waals surface area contributed by atoms with E-state index in [1.807, 2.05) is 37.3 Å². The van der Waals surface area contributed by atoms with Gasteiger partial charge in [0.25, 0.3) is 5.91 Å². The van der Waals surface area contributed by atoms with E-state index in [0.717, 1.165) is 5.56 Å². The summed E-state index contributed by atoms with van der Waals surface area (Å²) in [5.74, 6) is 0.161. The Morgan fingerprint density at radius 3 is 2.38 bits per heavy atom. The molecule has 2 aromatic carbocycles. The number of rotatable bonds is 5. The van der Waals surface area contributed by atoms with E-state index in [4.69, 9.17) is 10.5 Å². The Morgan fingerprint density at radius 1 is 1.00 bits per heavy atom. The number of ether oxygens (including phenoxy) is 1. The molecule has 0 aliphatic rings. The molecule has 0 aliphatic carbocycles. The molecule has 26 heavy (non-hydrogen) atoms. The molecule has 0 bridgehead atoms. The van der Waals surface area contributed by atoms with Crippen molar-refractivity contribution >= 4 is 17.5 Å². The SMILES string of the molecule is Cc1ccc(C(N)=O)cc1NC(=O)c1ccc(Oc2ccccc2)nc1. The Morgan fingerprint density at radius 2 is 1.73 bits per heavy atom. The van der Waals surface area contributed by atoms with Crippen molar-refractivity contribution in [3.05, 3.63) is 83.6 Å². The maximum atomic E-state index is 12.4. The van der Waals surface area contributed by atoms with Gasteiger partial charge in [-0.15, -0.1) is 0 Å². The zero-order chi connectivity index (χ0) is 18.5. The summed E-state index contributed by atoms with van der Waals surface area (Å²) in [7, 11) is 0. The first-order valence-corrected chi connectivity index (χ1v) is 7.94. The Bertz CT molecular complexity index is 938. The van der Waals surface area contributed by atoms with Crippen LogP contribution in [0, 0.1) is 6.92 Å². The van der Waals surface area contributed by atoms with E-state index in [1.54, 1.807) is 30.3 Å². The average Bonchev–Trinajstić information content (AvgIpc) is 2.64. The van der Waals surface area contributed by atoms with E-state index in [2.05, 4.69) is 10.3 Å². The molecule has 0 aliphatic heterocycles. The lowest BCUT2D eigenvalue weighted by Gasteiger charge is -2.10. The van der Waals surface area contributed by atoms with Crippen LogP contribution in [0.1, 0.15) is 26.3 Å². The van der Waals surface area contributed by atoms with Gasteiger partial charge in [-0.25, -0.2) is 4.98 Å². The molecule has 0 spiro atoms. The number of pyridine rings is 1. The number of para-hydroxylation sites is 1. The number of carbonyl (C=O) groups excluding carboxylic acids is 2. The van der Waals surface area contributed by atoms with Gasteiger partial charge < -0.3 is 15.8 Å². The van der Waals surface area contributed by atoms with Crippen LogP contribution in [-0.2, 0) is 0 Å². The Kier molecular flexibility index (Phi) is 4.94. The first kappa shape index (κ1) is 17.2. The van der Waals surface area contributed by atoms with Gasteiger partial charge in [-0.2, -0.15) is 0 Å². The number of aromatic nitrogens is 1. The first-order valence-electron chi connectivity index (χ1n) is 7.94. The summed E-state index contributed by atoms with van der Waals surface area (Å²) in [4.78, 5) is 27.9. The number of nitrogens with zero attached hydrogens (tertiary/aromatic N) is 1. The van der Waals surface area contributed by atoms with Crippen LogP contribution >= 0.6 is 0 Å². The number of benzene rings is 2. The lowest BCUT2D eigenvalue weighted by molar-refractivity contribution is 0.0996. The summed E-state index contributed by atoms with van der Waals surface area (Å²) in [5.41, 5.74) is 7.32. The van der Waals surface area contributed by atoms with Crippen LogP contribution in [0.2, 0.25) is 0 Å². The monoisotopic (exact) mass is 347 g/mol. The maximum Gasteiger partial charge on any atom is 0.257 e. The van der Waals surface area contributed by atoms with E-state index in [0.29, 0.717) is 28.4 Å². The number of amides is 2. The number of nitrogens with one attached hydrogen (secondary N) is 1. The largest absolute Gasteiger partial charge is 0.439 e. The minimum Gasteiger partial charge on any atom is -0.439 e. The van der Waals surface area contributed by atoms with Crippen LogP contribution in [-0.4, -0.2) is 16.8 Å². The van der Waals surface area contributed by atoms with Gasteiger partial charge in [-0.05, 0) is 42.8 Å². The number of hydrogen-bond acceptors (Lipinski definition) is 4. The molecule has 0 unspecified atom stereocenters. The van der Waals surface area contributed by atoms with Gasteiger partial charge >= 0.3 is 0 Å². The predicted molar refractivity (Wildman–Crippen MR) is 98.4 cm³/mol. The quantitative estimate of drug-likeness (QED) is 0.738. The fourth-order valence-corrected chi connectivity index (χ4v) is 2.29. The summed E-state index contributed by atoms with van der Waals surface area (Å²) in [6, 6.07) is 17.4. The smallest absolute Gasteiger partial charge is 0.257 e. The van der Waals surface area contributed by atoms with E-state index in [1.165, 1.54) is 6.20 Å². The van der Waals surface area contributed by atoms with Gasteiger partial charge in [0.15, 0.2) is 0 Å². The average molecular weight is 347 g/mol. The van der Waals surface area contributed by atoms with E-state index >= 15 is 0 Å². The van der Waals surface area contributed by atoms with E-state index in [9.17, 15) is 9.59 Å². The van der Waals surface area contributed by atoms with Gasteiger partial charge in [-0.3, -0.25) is 9.59 Å². The molecule has 1 heterocycles. The fourth-order valence-electron chi connectivity index (χ4n) is 2.29. The zero-order valence-electron chi connectivity index (χ0n) is 14.1.